The van der Waals surface area contributed by atoms with E-state index in [0.29, 0.717) is 29.8 Å². The van der Waals surface area contributed by atoms with E-state index in [9.17, 15) is 4.79 Å². The number of carbonyl (C=O) groups is 1. The molecule has 3 aromatic heterocycles. The Morgan fingerprint density at radius 1 is 1.32 bits per heavy atom. The topological polar surface area (TPSA) is 111 Å². The number of halogens is 1. The molecule has 5 rings (SSSR count). The number of fused-ring (bicyclic) bond motifs is 1. The second kappa shape index (κ2) is 8.50. The normalized spacial score (nSPS) is 20.2. The van der Waals surface area contributed by atoms with Gasteiger partial charge >= 0.3 is 0 Å². The monoisotopic (exact) mass is 482 g/mol. The van der Waals surface area contributed by atoms with E-state index in [1.54, 1.807) is 20.2 Å². The van der Waals surface area contributed by atoms with Gasteiger partial charge in [-0.05, 0) is 55.5 Å². The van der Waals surface area contributed by atoms with E-state index in [1.807, 2.05) is 18.7 Å². The molecule has 5 heterocycles. The molecule has 1 fully saturated rings. The minimum Gasteiger partial charge on any atom is -0.481 e. The van der Waals surface area contributed by atoms with Crippen molar-refractivity contribution in [3.8, 4) is 17.3 Å². The maximum Gasteiger partial charge on any atom is 0.229 e. The van der Waals surface area contributed by atoms with Crippen LogP contribution in [-0.4, -0.2) is 66.7 Å². The third-order valence-electron chi connectivity index (χ3n) is 6.87. The number of carbonyl (C=O) groups excluding carboxylic acids is 1. The average Bonchev–Trinajstić information content (AvgIpc) is 3.44. The first-order valence-corrected chi connectivity index (χ1v) is 11.7. The fourth-order valence-electron chi connectivity index (χ4n) is 4.90. The third-order valence-corrected chi connectivity index (χ3v) is 7.18. The number of aryl methyl sites for hydroxylation is 3. The maximum atomic E-state index is 13.4. The Morgan fingerprint density at radius 2 is 2.15 bits per heavy atom. The van der Waals surface area contributed by atoms with Gasteiger partial charge in [-0.15, -0.1) is 10.2 Å². The summed E-state index contributed by atoms with van der Waals surface area (Å²) in [4.78, 5) is 25.7. The van der Waals surface area contributed by atoms with E-state index in [-0.39, 0.29) is 11.4 Å². The fourth-order valence-corrected chi connectivity index (χ4v) is 5.17. The van der Waals surface area contributed by atoms with E-state index in [4.69, 9.17) is 21.3 Å². The number of nitrogens with zero attached hydrogens (tertiary/aromatic N) is 7. The number of ether oxygens (including phenoxy) is 1. The molecule has 178 valence electrons. The standard InChI is InChI=1S/C23H27ClN8O2/c1-13(16-10-19(34-4)25-11-18(16)24)22(33)32-8-7-23(12-32)6-5-15-9-17(14(2)26-20(15)27-23)21-28-30-31(3)29-21/h9-11,13H,5-8,12H2,1-4H3,(H,26,27)/t13-,23+/m1/s1. The first-order chi connectivity index (χ1) is 16.3. The Kier molecular flexibility index (Phi) is 5.63. The first kappa shape index (κ1) is 22.5. The molecular weight excluding hydrogens is 456 g/mol. The molecule has 34 heavy (non-hydrogen) atoms. The van der Waals surface area contributed by atoms with Crippen LogP contribution in [0.2, 0.25) is 5.02 Å². The minimum atomic E-state index is -0.391. The third kappa shape index (κ3) is 3.96. The number of anilines is 1. The maximum absolute atomic E-state index is 13.4. The van der Waals surface area contributed by atoms with E-state index in [1.165, 1.54) is 11.0 Å². The summed E-state index contributed by atoms with van der Waals surface area (Å²) in [5, 5.41) is 16.5. The van der Waals surface area contributed by atoms with E-state index < -0.39 is 5.92 Å². The molecule has 0 aromatic carbocycles. The summed E-state index contributed by atoms with van der Waals surface area (Å²) in [5.41, 5.74) is 3.41. The van der Waals surface area contributed by atoms with Gasteiger partial charge in [0.1, 0.15) is 5.82 Å². The largest absolute Gasteiger partial charge is 0.481 e. The average molecular weight is 483 g/mol. The fraction of sp³-hybridized carbons (Fsp3) is 0.478. The Hall–Kier alpha value is -3.27. The van der Waals surface area contributed by atoms with Crippen molar-refractivity contribution in [3.05, 3.63) is 40.2 Å². The van der Waals surface area contributed by atoms with Crippen molar-refractivity contribution in [2.24, 2.45) is 7.05 Å². The summed E-state index contributed by atoms with van der Waals surface area (Å²) in [7, 11) is 3.29. The number of tetrazole rings is 1. The molecule has 11 heteroatoms. The minimum absolute atomic E-state index is 0.0489. The number of aromatic nitrogens is 6. The molecule has 2 aliphatic heterocycles. The van der Waals surface area contributed by atoms with Crippen molar-refractivity contribution in [1.29, 1.82) is 0 Å². The van der Waals surface area contributed by atoms with Gasteiger partial charge in [-0.25, -0.2) is 9.97 Å². The number of pyridine rings is 2. The SMILES string of the molecule is COc1cc([C@@H](C)C(=O)N2CC[C@@]3(CCc4cc(-c5nnn(C)n5)c(C)nc4N3)C2)c(Cl)cn1. The highest BCUT2D eigenvalue weighted by Gasteiger charge is 2.43. The van der Waals surface area contributed by atoms with Crippen molar-refractivity contribution in [1.82, 2.24) is 35.1 Å². The zero-order valence-corrected chi connectivity index (χ0v) is 20.4. The van der Waals surface area contributed by atoms with Crippen molar-refractivity contribution < 1.29 is 9.53 Å². The zero-order valence-electron chi connectivity index (χ0n) is 19.7. The lowest BCUT2D eigenvalue weighted by atomic mass is 9.86. The van der Waals surface area contributed by atoms with Crippen LogP contribution in [0.25, 0.3) is 11.4 Å². The second-order valence-electron chi connectivity index (χ2n) is 9.12. The number of nitrogens with one attached hydrogen (secondary N) is 1. The molecule has 0 unspecified atom stereocenters. The molecule has 0 bridgehead atoms. The molecule has 10 nitrogen and oxygen atoms in total. The number of methoxy groups -OCH3 is 1. The van der Waals surface area contributed by atoms with Crippen molar-refractivity contribution in [2.45, 2.75) is 44.6 Å². The van der Waals surface area contributed by atoms with Crippen LogP contribution in [0.5, 0.6) is 5.88 Å². The van der Waals surface area contributed by atoms with E-state index >= 15 is 0 Å². The lowest BCUT2D eigenvalue weighted by Gasteiger charge is -2.36. The Bertz CT molecular complexity index is 1260. The van der Waals surface area contributed by atoms with Crippen LogP contribution in [0.15, 0.2) is 18.3 Å². The van der Waals surface area contributed by atoms with Crippen LogP contribution < -0.4 is 10.1 Å². The molecule has 1 N–H and O–H groups in total. The first-order valence-electron chi connectivity index (χ1n) is 11.3. The summed E-state index contributed by atoms with van der Waals surface area (Å²) in [5.74, 6) is 1.56. The van der Waals surface area contributed by atoms with Gasteiger partial charge < -0.3 is 15.0 Å². The summed E-state index contributed by atoms with van der Waals surface area (Å²) in [6.45, 7) is 5.15. The summed E-state index contributed by atoms with van der Waals surface area (Å²) in [6, 6.07) is 3.84. The van der Waals surface area contributed by atoms with Gasteiger partial charge in [0.2, 0.25) is 17.6 Å². The van der Waals surface area contributed by atoms with Gasteiger partial charge in [-0.2, -0.15) is 4.80 Å². The van der Waals surface area contributed by atoms with Crippen molar-refractivity contribution in [2.75, 3.05) is 25.5 Å². The highest BCUT2D eigenvalue weighted by atomic mass is 35.5. The molecule has 2 aliphatic rings. The summed E-state index contributed by atoms with van der Waals surface area (Å²) < 4.78 is 5.21. The number of hydrogen-bond donors (Lipinski definition) is 1. The van der Waals surface area contributed by atoms with Gasteiger partial charge in [0.25, 0.3) is 0 Å². The van der Waals surface area contributed by atoms with Crippen LogP contribution >= 0.6 is 11.6 Å². The molecule has 0 saturated carbocycles. The number of likely N-dealkylation sites (tertiary alicyclic amines) is 1. The molecule has 0 aliphatic carbocycles. The predicted molar refractivity (Wildman–Crippen MR) is 127 cm³/mol. The van der Waals surface area contributed by atoms with Crippen LogP contribution in [0.1, 0.15) is 42.5 Å². The van der Waals surface area contributed by atoms with Gasteiger partial charge in [0, 0.05) is 30.9 Å². The highest BCUT2D eigenvalue weighted by molar-refractivity contribution is 6.31. The van der Waals surface area contributed by atoms with Crippen molar-refractivity contribution >= 4 is 23.3 Å². The number of amides is 1. The van der Waals surface area contributed by atoms with Crippen LogP contribution in [-0.2, 0) is 18.3 Å². The summed E-state index contributed by atoms with van der Waals surface area (Å²) >= 11 is 6.35. The smallest absolute Gasteiger partial charge is 0.229 e. The Balaban J connectivity index is 1.33. The molecule has 0 radical (unpaired) electrons. The lowest BCUT2D eigenvalue weighted by molar-refractivity contribution is -0.131. The van der Waals surface area contributed by atoms with Crippen LogP contribution in [0.4, 0.5) is 5.82 Å². The molecule has 2 atom stereocenters. The lowest BCUT2D eigenvalue weighted by Crippen LogP contribution is -2.46. The van der Waals surface area contributed by atoms with Gasteiger partial charge in [0.05, 0.1) is 36.3 Å². The molecule has 1 spiro atoms. The van der Waals surface area contributed by atoms with Gasteiger partial charge in [-0.3, -0.25) is 4.79 Å². The number of rotatable bonds is 4. The molecule has 1 saturated heterocycles. The van der Waals surface area contributed by atoms with Gasteiger partial charge in [-0.1, -0.05) is 11.6 Å². The quantitative estimate of drug-likeness (QED) is 0.604. The molecular formula is C23H27ClN8O2. The van der Waals surface area contributed by atoms with Crippen LogP contribution in [0.3, 0.4) is 0 Å². The van der Waals surface area contributed by atoms with Crippen molar-refractivity contribution in [3.63, 3.8) is 0 Å². The van der Waals surface area contributed by atoms with E-state index in [2.05, 4.69) is 31.8 Å². The molecule has 1 amide bonds. The van der Waals surface area contributed by atoms with Crippen LogP contribution in [0, 0.1) is 6.92 Å². The predicted octanol–water partition coefficient (Wildman–Crippen LogP) is 2.77. The van der Waals surface area contributed by atoms with E-state index in [0.717, 1.165) is 47.5 Å². The number of hydrogen-bond acceptors (Lipinski definition) is 8. The second-order valence-corrected chi connectivity index (χ2v) is 9.52. The Labute approximate surface area is 202 Å². The Morgan fingerprint density at radius 3 is 2.88 bits per heavy atom. The zero-order chi connectivity index (χ0) is 24.0. The molecule has 3 aromatic rings. The summed E-state index contributed by atoms with van der Waals surface area (Å²) in [6.07, 6.45) is 4.18. The highest BCUT2D eigenvalue weighted by Crippen LogP contribution is 2.39. The van der Waals surface area contributed by atoms with Gasteiger partial charge in [0.15, 0.2) is 0 Å².